The van der Waals surface area contributed by atoms with Crippen LogP contribution in [0.1, 0.15) is 6.42 Å². The molecule has 9 aromatic rings. The van der Waals surface area contributed by atoms with Crippen molar-refractivity contribution >= 4 is 61.1 Å². The van der Waals surface area contributed by atoms with E-state index in [1.165, 1.54) is 33.0 Å². The van der Waals surface area contributed by atoms with E-state index in [0.717, 1.165) is 56.8 Å². The maximum absolute atomic E-state index is 6.79. The lowest BCUT2D eigenvalue weighted by molar-refractivity contribution is 0.668. The van der Waals surface area contributed by atoms with Crippen LogP contribution in [0.5, 0.6) is 0 Å². The van der Waals surface area contributed by atoms with Gasteiger partial charge < -0.3 is 14.2 Å². The van der Waals surface area contributed by atoms with Crippen LogP contribution in [-0.2, 0) is 0 Å². The Morgan fingerprint density at radius 1 is 0.436 bits per heavy atom. The first kappa shape index (κ1) is 32.5. The van der Waals surface area contributed by atoms with Crippen molar-refractivity contribution in [2.24, 2.45) is 0 Å². The molecule has 10 rings (SSSR count). The smallest absolute Gasteiger partial charge is 0.137 e. The molecule has 1 aliphatic rings. The van der Waals surface area contributed by atoms with Gasteiger partial charge in [0.15, 0.2) is 0 Å². The molecule has 3 heteroatoms. The average Bonchev–Trinajstić information content (AvgIpc) is 3.64. The lowest BCUT2D eigenvalue weighted by Crippen LogP contribution is -2.31. The molecule has 0 saturated carbocycles. The van der Waals surface area contributed by atoms with E-state index in [4.69, 9.17) is 4.42 Å². The molecule has 1 aromatic heterocycles. The Kier molecular flexibility index (Phi) is 8.31. The fourth-order valence-electron chi connectivity index (χ4n) is 8.09. The molecule has 262 valence electrons. The van der Waals surface area contributed by atoms with Crippen LogP contribution in [-0.4, -0.2) is 6.04 Å². The summed E-state index contributed by atoms with van der Waals surface area (Å²) in [7, 11) is 0. The highest BCUT2D eigenvalue weighted by Gasteiger charge is 2.28. The Balaban J connectivity index is 1.24. The van der Waals surface area contributed by atoms with Crippen LogP contribution in [0.4, 0.5) is 28.4 Å². The second kappa shape index (κ2) is 14.0. The first-order valence-corrected chi connectivity index (χ1v) is 19.0. The van der Waals surface area contributed by atoms with E-state index in [0.29, 0.717) is 0 Å². The Morgan fingerprint density at radius 3 is 1.67 bits per heavy atom. The summed E-state index contributed by atoms with van der Waals surface area (Å²) in [5, 5.41) is 4.60. The van der Waals surface area contributed by atoms with E-state index in [9.17, 15) is 0 Å². The van der Waals surface area contributed by atoms with Crippen molar-refractivity contribution in [1.29, 1.82) is 0 Å². The highest BCUT2D eigenvalue weighted by atomic mass is 16.3. The number of hydrogen-bond donors (Lipinski definition) is 0. The van der Waals surface area contributed by atoms with Gasteiger partial charge in [0.2, 0.25) is 0 Å². The topological polar surface area (TPSA) is 19.6 Å². The summed E-state index contributed by atoms with van der Waals surface area (Å²) in [6, 6.07) is 67.4. The minimum absolute atomic E-state index is 0.0760. The van der Waals surface area contributed by atoms with Gasteiger partial charge in [0.25, 0.3) is 0 Å². The fraction of sp³-hybridized carbons (Fsp3) is 0.0385. The molecular weight excluding hydrogens is 669 g/mol. The van der Waals surface area contributed by atoms with E-state index in [-0.39, 0.29) is 6.04 Å². The Bertz CT molecular complexity index is 2820. The number of para-hydroxylation sites is 1. The summed E-state index contributed by atoms with van der Waals surface area (Å²) in [6.45, 7) is 0. The van der Waals surface area contributed by atoms with E-state index >= 15 is 0 Å². The van der Waals surface area contributed by atoms with Gasteiger partial charge in [-0.1, -0.05) is 158 Å². The van der Waals surface area contributed by atoms with Crippen molar-refractivity contribution in [1.82, 2.24) is 0 Å². The van der Waals surface area contributed by atoms with Crippen LogP contribution in [0.15, 0.2) is 217 Å². The maximum Gasteiger partial charge on any atom is 0.137 e. The van der Waals surface area contributed by atoms with E-state index < -0.39 is 0 Å². The second-order valence-corrected chi connectivity index (χ2v) is 14.1. The normalized spacial score (nSPS) is 13.8. The molecule has 8 aromatic carbocycles. The number of nitrogens with zero attached hydrogens (tertiary/aromatic N) is 2. The molecule has 0 spiro atoms. The zero-order valence-corrected chi connectivity index (χ0v) is 30.3. The van der Waals surface area contributed by atoms with Gasteiger partial charge in [-0.3, -0.25) is 0 Å². The zero-order chi connectivity index (χ0) is 36.6. The number of benzene rings is 8. The Hall–Kier alpha value is -7.10. The molecule has 1 aliphatic carbocycles. The van der Waals surface area contributed by atoms with Gasteiger partial charge in [-0.15, -0.1) is 0 Å². The highest BCUT2D eigenvalue weighted by molar-refractivity contribution is 6.20. The van der Waals surface area contributed by atoms with Crippen LogP contribution >= 0.6 is 0 Å². The van der Waals surface area contributed by atoms with Gasteiger partial charge >= 0.3 is 0 Å². The monoisotopic (exact) mass is 706 g/mol. The number of rotatable bonds is 8. The molecule has 0 bridgehead atoms. The van der Waals surface area contributed by atoms with Crippen LogP contribution in [0, 0.1) is 0 Å². The number of allylic oxidation sites excluding steroid dienone is 2. The van der Waals surface area contributed by atoms with Crippen molar-refractivity contribution in [3.63, 3.8) is 0 Å². The summed E-state index contributed by atoms with van der Waals surface area (Å²) in [4.78, 5) is 4.89. The average molecular weight is 707 g/mol. The van der Waals surface area contributed by atoms with Crippen LogP contribution in [0.25, 0.3) is 55.0 Å². The van der Waals surface area contributed by atoms with Crippen molar-refractivity contribution in [2.45, 2.75) is 12.5 Å². The SMILES string of the molecule is C1=CCC(N(c2ccc(-c3ccccc3)cc2)c2cc3oc4ccc5ccccc5c4c3cc2N(c2ccccc2)c2ccc(-c3ccccc3)cc2)C=C1. The van der Waals surface area contributed by atoms with E-state index in [1.54, 1.807) is 0 Å². The highest BCUT2D eigenvalue weighted by Crippen LogP contribution is 2.48. The predicted molar refractivity (Wildman–Crippen MR) is 232 cm³/mol. The zero-order valence-electron chi connectivity index (χ0n) is 30.3. The molecular formula is C52H38N2O. The third-order valence-corrected chi connectivity index (χ3v) is 10.7. The van der Waals surface area contributed by atoms with Crippen LogP contribution < -0.4 is 9.80 Å². The standard InChI is InChI=1S/C52H38N2O/c1-5-15-37(16-6-1)39-25-30-44(31-26-39)53(42-20-9-3-10-21-42)48-35-47-51(55-50-34-29-41-19-13-14-24-46(41)52(47)50)36-49(48)54(43-22-11-4-12-23-43)45-32-27-40(28-33-45)38-17-7-2-8-18-38/h1-22,24-36,43H,23H2. The third kappa shape index (κ3) is 6.06. The third-order valence-electron chi connectivity index (χ3n) is 10.7. The molecule has 55 heavy (non-hydrogen) atoms. The van der Waals surface area contributed by atoms with Gasteiger partial charge in [-0.25, -0.2) is 0 Å². The van der Waals surface area contributed by atoms with Gasteiger partial charge in [0.05, 0.1) is 17.4 Å². The summed E-state index contributed by atoms with van der Waals surface area (Å²) in [6.07, 6.45) is 9.76. The summed E-state index contributed by atoms with van der Waals surface area (Å²) in [5.41, 5.74) is 11.9. The quantitative estimate of drug-likeness (QED) is 0.157. The predicted octanol–water partition coefficient (Wildman–Crippen LogP) is 14.6. The molecule has 0 amide bonds. The molecule has 0 radical (unpaired) electrons. The van der Waals surface area contributed by atoms with Gasteiger partial charge in [-0.2, -0.15) is 0 Å². The molecule has 0 aliphatic heterocycles. The molecule has 1 atom stereocenters. The number of anilines is 5. The lowest BCUT2D eigenvalue weighted by atomic mass is 9.99. The van der Waals surface area contributed by atoms with Crippen molar-refractivity contribution in [3.8, 4) is 22.3 Å². The molecule has 0 saturated heterocycles. The molecule has 1 heterocycles. The summed E-state index contributed by atoms with van der Waals surface area (Å²) in [5.74, 6) is 0. The van der Waals surface area contributed by atoms with Crippen LogP contribution in [0.3, 0.4) is 0 Å². The number of fused-ring (bicyclic) bond motifs is 5. The van der Waals surface area contributed by atoms with Gasteiger partial charge in [-0.05, 0) is 88.0 Å². The van der Waals surface area contributed by atoms with Crippen molar-refractivity contribution in [2.75, 3.05) is 9.80 Å². The van der Waals surface area contributed by atoms with Gasteiger partial charge in [0.1, 0.15) is 11.2 Å². The maximum atomic E-state index is 6.79. The minimum Gasteiger partial charge on any atom is -0.456 e. The number of furan rings is 1. The fourth-order valence-corrected chi connectivity index (χ4v) is 8.09. The molecule has 0 fully saturated rings. The summed E-state index contributed by atoms with van der Waals surface area (Å²) >= 11 is 0. The first-order valence-electron chi connectivity index (χ1n) is 19.0. The van der Waals surface area contributed by atoms with E-state index in [1.807, 2.05) is 0 Å². The first-order chi connectivity index (χ1) is 27.3. The van der Waals surface area contributed by atoms with E-state index in [2.05, 4.69) is 222 Å². The van der Waals surface area contributed by atoms with Gasteiger partial charge in [0, 0.05) is 33.9 Å². The Labute approximate surface area is 321 Å². The molecule has 0 N–H and O–H groups in total. The van der Waals surface area contributed by atoms with Crippen molar-refractivity contribution in [3.05, 3.63) is 212 Å². The number of hydrogen-bond acceptors (Lipinski definition) is 3. The Morgan fingerprint density at radius 2 is 1.02 bits per heavy atom. The van der Waals surface area contributed by atoms with Crippen LogP contribution in [0.2, 0.25) is 0 Å². The molecule has 1 unspecified atom stereocenters. The summed E-state index contributed by atoms with van der Waals surface area (Å²) < 4.78 is 6.79. The minimum atomic E-state index is 0.0760. The largest absolute Gasteiger partial charge is 0.456 e. The second-order valence-electron chi connectivity index (χ2n) is 14.1. The molecule has 3 nitrogen and oxygen atoms in total. The lowest BCUT2D eigenvalue weighted by Gasteiger charge is -2.37. The van der Waals surface area contributed by atoms with Crippen molar-refractivity contribution < 1.29 is 4.42 Å².